The molecule has 0 aliphatic carbocycles. The second-order valence-electron chi connectivity index (χ2n) is 6.31. The number of hydrogen-bond acceptors (Lipinski definition) is 5. The van der Waals surface area contributed by atoms with Crippen LogP contribution < -0.4 is 10.1 Å². The number of hydrogen-bond donors (Lipinski definition) is 1. The Labute approximate surface area is 173 Å². The van der Waals surface area contributed by atoms with E-state index >= 15 is 0 Å². The second-order valence-corrected chi connectivity index (χ2v) is 6.31. The van der Waals surface area contributed by atoms with E-state index in [0.717, 1.165) is 57.6 Å². The molecule has 3 heterocycles. The lowest BCUT2D eigenvalue weighted by atomic mass is 10.2. The molecule has 7 nitrogen and oxygen atoms in total. The molecule has 1 atom stereocenters. The average molecular weight is 475 g/mol. The molecule has 2 aliphatic rings. The van der Waals surface area contributed by atoms with Crippen LogP contribution in [0.4, 0.5) is 0 Å². The van der Waals surface area contributed by atoms with Gasteiger partial charge in [0.1, 0.15) is 12.4 Å². The van der Waals surface area contributed by atoms with E-state index in [4.69, 9.17) is 14.5 Å². The van der Waals surface area contributed by atoms with Gasteiger partial charge in [-0.2, -0.15) is 0 Å². The number of rotatable bonds is 6. The normalized spacial score (nSPS) is 21.3. The predicted molar refractivity (Wildman–Crippen MR) is 113 cm³/mol. The van der Waals surface area contributed by atoms with Crippen LogP contribution in [0.5, 0.6) is 5.75 Å². The van der Waals surface area contributed by atoms with E-state index in [9.17, 15) is 0 Å². The molecule has 2 fully saturated rings. The van der Waals surface area contributed by atoms with Crippen molar-refractivity contribution in [2.24, 2.45) is 4.99 Å². The lowest BCUT2D eigenvalue weighted by molar-refractivity contribution is 0.0195. The molecule has 0 spiro atoms. The first kappa shape index (κ1) is 21.2. The van der Waals surface area contributed by atoms with E-state index < -0.39 is 0 Å². The number of nitrogens with zero attached hydrogens (tertiary/aromatic N) is 4. The lowest BCUT2D eigenvalue weighted by Gasteiger charge is -2.32. The fraction of sp³-hybridized carbons (Fsp3) is 0.667. The number of guanidine groups is 1. The first-order chi connectivity index (χ1) is 12.4. The van der Waals surface area contributed by atoms with Crippen LogP contribution in [0, 0.1) is 0 Å². The van der Waals surface area contributed by atoms with Gasteiger partial charge in [-0.25, -0.2) is 4.99 Å². The number of ether oxygens (including phenoxy) is 2. The van der Waals surface area contributed by atoms with Crippen LogP contribution in [0.1, 0.15) is 13.3 Å². The van der Waals surface area contributed by atoms with Crippen molar-refractivity contribution in [3.63, 3.8) is 0 Å². The number of nitrogens with one attached hydrogen (secondary N) is 1. The maximum absolute atomic E-state index is 5.68. The fourth-order valence-corrected chi connectivity index (χ4v) is 3.35. The van der Waals surface area contributed by atoms with Gasteiger partial charge in [-0.15, -0.1) is 24.0 Å². The van der Waals surface area contributed by atoms with Gasteiger partial charge in [0, 0.05) is 45.0 Å². The topological polar surface area (TPSA) is 62.2 Å². The van der Waals surface area contributed by atoms with Crippen molar-refractivity contribution in [3.8, 4) is 5.75 Å². The lowest BCUT2D eigenvalue weighted by Crippen LogP contribution is -2.46. The van der Waals surface area contributed by atoms with Crippen LogP contribution in [-0.2, 0) is 4.74 Å². The molecule has 0 bridgehead atoms. The van der Waals surface area contributed by atoms with Crippen LogP contribution in [-0.4, -0.2) is 85.9 Å². The summed E-state index contributed by atoms with van der Waals surface area (Å²) < 4.78 is 11.1. The van der Waals surface area contributed by atoms with Crippen molar-refractivity contribution in [1.29, 1.82) is 0 Å². The van der Waals surface area contributed by atoms with Crippen LogP contribution >= 0.6 is 24.0 Å². The van der Waals surface area contributed by atoms with Crippen LogP contribution in [0.2, 0.25) is 0 Å². The van der Waals surface area contributed by atoms with E-state index in [-0.39, 0.29) is 24.0 Å². The Morgan fingerprint density at radius 1 is 1.38 bits per heavy atom. The first-order valence-electron chi connectivity index (χ1n) is 9.24. The zero-order valence-electron chi connectivity index (χ0n) is 15.5. The minimum Gasteiger partial charge on any atom is -0.490 e. The van der Waals surface area contributed by atoms with Gasteiger partial charge in [0.2, 0.25) is 0 Å². The quantitative estimate of drug-likeness (QED) is 0.291. The van der Waals surface area contributed by atoms with Gasteiger partial charge in [0.15, 0.2) is 5.96 Å². The van der Waals surface area contributed by atoms with Gasteiger partial charge >= 0.3 is 0 Å². The Balaban J connectivity index is 0.00000243. The molecule has 1 unspecified atom stereocenters. The van der Waals surface area contributed by atoms with Crippen LogP contribution in [0.15, 0.2) is 29.5 Å². The number of pyridine rings is 1. The summed E-state index contributed by atoms with van der Waals surface area (Å²) in [5, 5.41) is 3.41. The van der Waals surface area contributed by atoms with E-state index in [1.807, 2.05) is 12.1 Å². The molecule has 146 valence electrons. The highest BCUT2D eigenvalue weighted by molar-refractivity contribution is 14.0. The van der Waals surface area contributed by atoms with Gasteiger partial charge in [-0.1, -0.05) is 0 Å². The summed E-state index contributed by atoms with van der Waals surface area (Å²) in [7, 11) is 0. The van der Waals surface area contributed by atoms with Gasteiger partial charge < -0.3 is 19.7 Å². The SMILES string of the molecule is CCNC(=NCCOc1cccnc1)N1CCC(N2CCOCC2)C1.I. The van der Waals surface area contributed by atoms with Crippen molar-refractivity contribution in [1.82, 2.24) is 20.1 Å². The zero-order valence-corrected chi connectivity index (χ0v) is 17.8. The van der Waals surface area contributed by atoms with Crippen molar-refractivity contribution in [2.45, 2.75) is 19.4 Å². The predicted octanol–water partition coefficient (Wildman–Crippen LogP) is 1.45. The monoisotopic (exact) mass is 475 g/mol. The molecular formula is C18H30IN5O2. The molecule has 3 rings (SSSR count). The highest BCUT2D eigenvalue weighted by atomic mass is 127. The van der Waals surface area contributed by atoms with Crippen LogP contribution in [0.3, 0.4) is 0 Å². The zero-order chi connectivity index (χ0) is 17.3. The summed E-state index contributed by atoms with van der Waals surface area (Å²) >= 11 is 0. The van der Waals surface area contributed by atoms with Crippen molar-refractivity contribution >= 4 is 29.9 Å². The molecule has 1 aromatic rings. The van der Waals surface area contributed by atoms with Gasteiger partial charge in [-0.05, 0) is 25.5 Å². The fourth-order valence-electron chi connectivity index (χ4n) is 3.35. The summed E-state index contributed by atoms with van der Waals surface area (Å²) in [5.41, 5.74) is 0. The highest BCUT2D eigenvalue weighted by Crippen LogP contribution is 2.17. The maximum atomic E-state index is 5.68. The Hall–Kier alpha value is -1.13. The third kappa shape index (κ3) is 6.24. The number of halogens is 1. The summed E-state index contributed by atoms with van der Waals surface area (Å²) in [6, 6.07) is 4.40. The molecule has 26 heavy (non-hydrogen) atoms. The molecule has 0 radical (unpaired) electrons. The van der Waals surface area contributed by atoms with Gasteiger partial charge in [-0.3, -0.25) is 9.88 Å². The van der Waals surface area contributed by atoms with Crippen LogP contribution in [0.25, 0.3) is 0 Å². The molecule has 0 amide bonds. The molecule has 1 N–H and O–H groups in total. The Morgan fingerprint density at radius 3 is 2.96 bits per heavy atom. The first-order valence-corrected chi connectivity index (χ1v) is 9.24. The Bertz CT molecular complexity index is 540. The Kier molecular flexibility index (Phi) is 9.41. The molecular weight excluding hydrogens is 445 g/mol. The average Bonchev–Trinajstić information content (AvgIpc) is 3.16. The third-order valence-electron chi connectivity index (χ3n) is 4.62. The smallest absolute Gasteiger partial charge is 0.194 e. The number of morpholine rings is 1. The number of aromatic nitrogens is 1. The standard InChI is InChI=1S/C18H29N5O2.HI/c1-2-20-18(21-7-11-25-17-4-3-6-19-14-17)23-8-5-16(15-23)22-9-12-24-13-10-22;/h3-4,6,14,16H,2,5,7-13,15H2,1H3,(H,20,21);1H. The van der Waals surface area contributed by atoms with Gasteiger partial charge in [0.05, 0.1) is 26.0 Å². The molecule has 1 aromatic heterocycles. The highest BCUT2D eigenvalue weighted by Gasteiger charge is 2.30. The molecule has 0 aromatic carbocycles. The third-order valence-corrected chi connectivity index (χ3v) is 4.62. The largest absolute Gasteiger partial charge is 0.490 e. The van der Waals surface area contributed by atoms with E-state index in [0.29, 0.717) is 19.2 Å². The minimum atomic E-state index is 0. The summed E-state index contributed by atoms with van der Waals surface area (Å²) in [5.74, 6) is 1.78. The minimum absolute atomic E-state index is 0. The van der Waals surface area contributed by atoms with E-state index in [1.54, 1.807) is 12.4 Å². The number of likely N-dealkylation sites (tertiary alicyclic amines) is 1. The second kappa shape index (κ2) is 11.6. The Morgan fingerprint density at radius 2 is 2.23 bits per heavy atom. The van der Waals surface area contributed by atoms with Gasteiger partial charge in [0.25, 0.3) is 0 Å². The molecule has 2 aliphatic heterocycles. The van der Waals surface area contributed by atoms with E-state index in [1.165, 1.54) is 6.42 Å². The summed E-state index contributed by atoms with van der Waals surface area (Å²) in [6.45, 7) is 10.1. The molecule has 2 saturated heterocycles. The maximum Gasteiger partial charge on any atom is 0.194 e. The van der Waals surface area contributed by atoms with E-state index in [2.05, 4.69) is 27.0 Å². The van der Waals surface area contributed by atoms with Crippen molar-refractivity contribution in [3.05, 3.63) is 24.5 Å². The number of aliphatic imine (C=N–C) groups is 1. The molecule has 0 saturated carbocycles. The summed E-state index contributed by atoms with van der Waals surface area (Å²) in [4.78, 5) is 13.7. The van der Waals surface area contributed by atoms with Crippen molar-refractivity contribution in [2.75, 3.05) is 59.1 Å². The summed E-state index contributed by atoms with van der Waals surface area (Å²) in [6.07, 6.45) is 4.66. The van der Waals surface area contributed by atoms with Crippen molar-refractivity contribution < 1.29 is 9.47 Å². The molecule has 8 heteroatoms.